The van der Waals surface area contributed by atoms with Crippen LogP contribution in [-0.4, -0.2) is 32.4 Å². The van der Waals surface area contributed by atoms with Gasteiger partial charge < -0.3 is 14.3 Å². The van der Waals surface area contributed by atoms with Crippen molar-refractivity contribution in [3.05, 3.63) is 23.8 Å². The van der Waals surface area contributed by atoms with E-state index in [2.05, 4.69) is 6.58 Å². The Balaban J connectivity index is 3.25. The Hall–Kier alpha value is -1.91. The predicted molar refractivity (Wildman–Crippen MR) is 72.8 cm³/mol. The van der Waals surface area contributed by atoms with Gasteiger partial charge in [0, 0.05) is 12.3 Å². The summed E-state index contributed by atoms with van der Waals surface area (Å²) in [7, 11) is 2.48. The fourth-order valence-corrected chi connectivity index (χ4v) is 2.64. The molecule has 110 valence electrons. The molecular weight excluding hydrogens is 260 g/mol. The van der Waals surface area contributed by atoms with E-state index >= 15 is 0 Å². The SMILES string of the molecule is C=C(C)C1=CC(CCC=O)C(C(=O)OC)(C(=O)OC)C1. The summed E-state index contributed by atoms with van der Waals surface area (Å²) in [6, 6.07) is 0. The topological polar surface area (TPSA) is 69.7 Å². The lowest BCUT2D eigenvalue weighted by Crippen LogP contribution is -2.44. The fourth-order valence-electron chi connectivity index (χ4n) is 2.64. The molecule has 0 N–H and O–H groups in total. The molecule has 5 nitrogen and oxygen atoms in total. The van der Waals surface area contributed by atoms with Crippen molar-refractivity contribution in [2.24, 2.45) is 11.3 Å². The third kappa shape index (κ3) is 2.66. The molecule has 0 aliphatic heterocycles. The Kier molecular flexibility index (Phi) is 5.25. The van der Waals surface area contributed by atoms with Gasteiger partial charge in [-0.05, 0) is 25.3 Å². The molecule has 0 saturated carbocycles. The van der Waals surface area contributed by atoms with Gasteiger partial charge >= 0.3 is 11.9 Å². The van der Waals surface area contributed by atoms with Gasteiger partial charge in [-0.15, -0.1) is 0 Å². The quantitative estimate of drug-likeness (QED) is 0.421. The second-order valence-electron chi connectivity index (χ2n) is 4.95. The maximum absolute atomic E-state index is 12.2. The van der Waals surface area contributed by atoms with Crippen LogP contribution >= 0.6 is 0 Å². The fraction of sp³-hybridized carbons (Fsp3) is 0.533. The van der Waals surface area contributed by atoms with E-state index in [4.69, 9.17) is 9.47 Å². The number of aldehydes is 1. The van der Waals surface area contributed by atoms with E-state index in [1.54, 1.807) is 0 Å². The number of rotatable bonds is 6. The molecule has 0 spiro atoms. The van der Waals surface area contributed by atoms with E-state index in [0.29, 0.717) is 6.42 Å². The standard InChI is InChI=1S/C15H20O5/c1-10(2)11-8-12(6-5-7-16)15(9-11,13(17)19-3)14(18)20-4/h7-8,12H,1,5-6,9H2,2-4H3. The van der Waals surface area contributed by atoms with Crippen LogP contribution in [-0.2, 0) is 23.9 Å². The Morgan fingerprint density at radius 1 is 1.40 bits per heavy atom. The second-order valence-corrected chi connectivity index (χ2v) is 4.95. The van der Waals surface area contributed by atoms with Crippen molar-refractivity contribution < 1.29 is 23.9 Å². The number of ether oxygens (including phenoxy) is 2. The third-order valence-electron chi connectivity index (χ3n) is 3.75. The lowest BCUT2D eigenvalue weighted by molar-refractivity contribution is -0.171. The minimum atomic E-state index is -1.40. The summed E-state index contributed by atoms with van der Waals surface area (Å²) in [4.78, 5) is 35.0. The van der Waals surface area contributed by atoms with Gasteiger partial charge in [0.2, 0.25) is 0 Å². The summed E-state index contributed by atoms with van der Waals surface area (Å²) in [5.41, 5.74) is 0.216. The molecule has 0 aromatic heterocycles. The molecule has 0 fully saturated rings. The lowest BCUT2D eigenvalue weighted by atomic mass is 9.74. The highest BCUT2D eigenvalue weighted by Gasteiger charge is 2.56. The van der Waals surface area contributed by atoms with Crippen molar-refractivity contribution in [3.8, 4) is 0 Å². The van der Waals surface area contributed by atoms with Crippen molar-refractivity contribution in [2.75, 3.05) is 14.2 Å². The highest BCUT2D eigenvalue weighted by molar-refractivity contribution is 6.02. The van der Waals surface area contributed by atoms with E-state index in [1.807, 2.05) is 13.0 Å². The maximum atomic E-state index is 12.2. The van der Waals surface area contributed by atoms with Crippen LogP contribution in [0.1, 0.15) is 26.2 Å². The summed E-state index contributed by atoms with van der Waals surface area (Å²) in [6.45, 7) is 5.66. The number of allylic oxidation sites excluding steroid dienone is 3. The van der Waals surface area contributed by atoms with Gasteiger partial charge in [0.15, 0.2) is 5.41 Å². The zero-order chi connectivity index (χ0) is 15.3. The minimum absolute atomic E-state index is 0.200. The highest BCUT2D eigenvalue weighted by atomic mass is 16.5. The normalized spacial score (nSPS) is 19.9. The number of esters is 2. The first-order chi connectivity index (χ1) is 9.43. The molecule has 0 amide bonds. The van der Waals surface area contributed by atoms with Crippen LogP contribution in [0.5, 0.6) is 0 Å². The first-order valence-corrected chi connectivity index (χ1v) is 6.41. The smallest absolute Gasteiger partial charge is 0.324 e. The van der Waals surface area contributed by atoms with E-state index < -0.39 is 23.3 Å². The zero-order valence-corrected chi connectivity index (χ0v) is 12.1. The lowest BCUT2D eigenvalue weighted by Gasteiger charge is -2.29. The van der Waals surface area contributed by atoms with Crippen LogP contribution in [0.15, 0.2) is 23.8 Å². The van der Waals surface area contributed by atoms with Crippen molar-refractivity contribution in [1.82, 2.24) is 0 Å². The zero-order valence-electron chi connectivity index (χ0n) is 12.1. The Morgan fingerprint density at radius 2 is 1.95 bits per heavy atom. The Labute approximate surface area is 118 Å². The highest BCUT2D eigenvalue weighted by Crippen LogP contribution is 2.48. The number of hydrogen-bond acceptors (Lipinski definition) is 5. The summed E-state index contributed by atoms with van der Waals surface area (Å²) in [5, 5.41) is 0. The summed E-state index contributed by atoms with van der Waals surface area (Å²) < 4.78 is 9.62. The average molecular weight is 280 g/mol. The molecular formula is C15H20O5. The molecule has 0 aromatic rings. The van der Waals surface area contributed by atoms with Crippen molar-refractivity contribution in [3.63, 3.8) is 0 Å². The monoisotopic (exact) mass is 280 g/mol. The number of hydrogen-bond donors (Lipinski definition) is 0. The third-order valence-corrected chi connectivity index (χ3v) is 3.75. The largest absolute Gasteiger partial charge is 0.468 e. The first kappa shape index (κ1) is 16.1. The molecule has 1 unspecified atom stereocenters. The van der Waals surface area contributed by atoms with Gasteiger partial charge in [0.1, 0.15) is 6.29 Å². The number of methoxy groups -OCH3 is 2. The molecule has 0 radical (unpaired) electrons. The van der Waals surface area contributed by atoms with Gasteiger partial charge in [-0.1, -0.05) is 18.2 Å². The maximum Gasteiger partial charge on any atom is 0.324 e. The summed E-state index contributed by atoms with van der Waals surface area (Å²) >= 11 is 0. The predicted octanol–water partition coefficient (Wildman–Crippen LogP) is 1.82. The molecule has 1 rings (SSSR count). The van der Waals surface area contributed by atoms with Crippen LogP contribution in [0.25, 0.3) is 0 Å². The van der Waals surface area contributed by atoms with E-state index in [9.17, 15) is 14.4 Å². The molecule has 1 aliphatic carbocycles. The minimum Gasteiger partial charge on any atom is -0.468 e. The molecule has 1 aliphatic rings. The van der Waals surface area contributed by atoms with Crippen LogP contribution < -0.4 is 0 Å². The van der Waals surface area contributed by atoms with Crippen LogP contribution in [0, 0.1) is 11.3 Å². The average Bonchev–Trinajstić information content (AvgIpc) is 2.84. The van der Waals surface area contributed by atoms with Crippen molar-refractivity contribution in [2.45, 2.75) is 26.2 Å². The number of carbonyl (C=O) groups excluding carboxylic acids is 3. The van der Waals surface area contributed by atoms with Crippen molar-refractivity contribution in [1.29, 1.82) is 0 Å². The van der Waals surface area contributed by atoms with Crippen molar-refractivity contribution >= 4 is 18.2 Å². The van der Waals surface area contributed by atoms with E-state index in [-0.39, 0.29) is 12.8 Å². The molecule has 1 atom stereocenters. The molecule has 0 aromatic carbocycles. The van der Waals surface area contributed by atoms with Crippen LogP contribution in [0.3, 0.4) is 0 Å². The molecule has 0 bridgehead atoms. The Morgan fingerprint density at radius 3 is 2.35 bits per heavy atom. The van der Waals surface area contributed by atoms with E-state index in [0.717, 1.165) is 17.4 Å². The summed E-state index contributed by atoms with van der Waals surface area (Å²) in [6.07, 6.45) is 3.46. The van der Waals surface area contributed by atoms with Gasteiger partial charge in [0.25, 0.3) is 0 Å². The summed E-state index contributed by atoms with van der Waals surface area (Å²) in [5.74, 6) is -1.68. The molecule has 0 heterocycles. The first-order valence-electron chi connectivity index (χ1n) is 6.41. The molecule has 20 heavy (non-hydrogen) atoms. The number of carbonyl (C=O) groups is 3. The van der Waals surface area contributed by atoms with Crippen LogP contribution in [0.4, 0.5) is 0 Å². The second kappa shape index (κ2) is 6.50. The van der Waals surface area contributed by atoms with Gasteiger partial charge in [-0.2, -0.15) is 0 Å². The van der Waals surface area contributed by atoms with Crippen LogP contribution in [0.2, 0.25) is 0 Å². The van der Waals surface area contributed by atoms with Gasteiger partial charge in [-0.3, -0.25) is 9.59 Å². The Bertz CT molecular complexity index is 445. The molecule has 5 heteroatoms. The van der Waals surface area contributed by atoms with Gasteiger partial charge in [-0.25, -0.2) is 0 Å². The molecule has 0 saturated heterocycles. The van der Waals surface area contributed by atoms with E-state index in [1.165, 1.54) is 14.2 Å². The van der Waals surface area contributed by atoms with Gasteiger partial charge in [0.05, 0.1) is 14.2 Å².